The summed E-state index contributed by atoms with van der Waals surface area (Å²) in [5, 5.41) is 17.8. The van der Waals surface area contributed by atoms with Gasteiger partial charge in [-0.3, -0.25) is 14.9 Å². The Bertz CT molecular complexity index is 713. The zero-order chi connectivity index (χ0) is 15.5. The molecule has 2 heterocycles. The Hall–Kier alpha value is -1.70. The Labute approximate surface area is 143 Å². The first kappa shape index (κ1) is 17.7. The molecule has 1 unspecified atom stereocenters. The van der Waals surface area contributed by atoms with Gasteiger partial charge in [0.2, 0.25) is 0 Å². The highest BCUT2D eigenvalue weighted by Crippen LogP contribution is 2.28. The Kier molecular flexibility index (Phi) is 5.92. The first-order valence-corrected chi connectivity index (χ1v) is 8.12. The second-order valence-electron chi connectivity index (χ2n) is 5.51. The summed E-state index contributed by atoms with van der Waals surface area (Å²) in [5.74, 6) is 0.377. The molecule has 1 aliphatic rings. The number of nitrogens with zero attached hydrogens (tertiary/aromatic N) is 1. The fourth-order valence-electron chi connectivity index (χ4n) is 2.68. The molecule has 0 spiro atoms. The number of nitro groups is 1. The van der Waals surface area contributed by atoms with Crippen LogP contribution >= 0.6 is 23.7 Å². The van der Waals surface area contributed by atoms with E-state index in [9.17, 15) is 14.9 Å². The Morgan fingerprint density at radius 1 is 1.43 bits per heavy atom. The largest absolute Gasteiger partial charge is 0.351 e. The van der Waals surface area contributed by atoms with Gasteiger partial charge in [0, 0.05) is 28.8 Å². The number of carbonyl (C=O) groups is 1. The van der Waals surface area contributed by atoms with Gasteiger partial charge < -0.3 is 10.6 Å². The first-order chi connectivity index (χ1) is 10.6. The lowest BCUT2D eigenvalue weighted by Crippen LogP contribution is -2.37. The van der Waals surface area contributed by atoms with Crippen LogP contribution < -0.4 is 10.6 Å². The third-order valence-corrected chi connectivity index (χ3v) is 5.00. The molecular weight excluding hydrogens is 338 g/mol. The van der Waals surface area contributed by atoms with Gasteiger partial charge in [-0.15, -0.1) is 23.7 Å². The van der Waals surface area contributed by atoms with Crippen molar-refractivity contribution in [2.75, 3.05) is 19.6 Å². The lowest BCUT2D eigenvalue weighted by atomic mass is 10.00. The molecule has 0 saturated carbocycles. The van der Waals surface area contributed by atoms with Gasteiger partial charge in [-0.1, -0.05) is 0 Å². The monoisotopic (exact) mass is 355 g/mol. The predicted molar refractivity (Wildman–Crippen MR) is 93.7 cm³/mol. The number of non-ortho nitro benzene ring substituents is 1. The van der Waals surface area contributed by atoms with Gasteiger partial charge >= 0.3 is 0 Å². The smallest absolute Gasteiger partial charge is 0.270 e. The van der Waals surface area contributed by atoms with Crippen LogP contribution in [0.25, 0.3) is 10.1 Å². The minimum absolute atomic E-state index is 0. The Balaban J connectivity index is 0.00000192. The zero-order valence-corrected chi connectivity index (χ0v) is 14.0. The van der Waals surface area contributed by atoms with Crippen LogP contribution in [0.4, 0.5) is 5.69 Å². The molecule has 1 atom stereocenters. The fourth-order valence-corrected chi connectivity index (χ4v) is 3.64. The van der Waals surface area contributed by atoms with Crippen molar-refractivity contribution in [3.63, 3.8) is 0 Å². The molecule has 0 radical (unpaired) electrons. The molecule has 3 rings (SSSR count). The number of carbonyl (C=O) groups excluding carboxylic acids is 1. The van der Waals surface area contributed by atoms with Gasteiger partial charge in [-0.2, -0.15) is 0 Å². The van der Waals surface area contributed by atoms with E-state index in [-0.39, 0.29) is 24.0 Å². The molecule has 124 valence electrons. The topological polar surface area (TPSA) is 84.3 Å². The summed E-state index contributed by atoms with van der Waals surface area (Å²) in [6, 6.07) is 6.39. The Morgan fingerprint density at radius 2 is 2.26 bits per heavy atom. The van der Waals surface area contributed by atoms with Gasteiger partial charge in [-0.05, 0) is 44.0 Å². The van der Waals surface area contributed by atoms with E-state index in [2.05, 4.69) is 10.6 Å². The molecule has 2 N–H and O–H groups in total. The molecular formula is C15H18ClN3O3S. The number of fused-ring (bicyclic) bond motifs is 1. The van der Waals surface area contributed by atoms with Crippen LogP contribution in [0.1, 0.15) is 22.5 Å². The average molecular weight is 356 g/mol. The van der Waals surface area contributed by atoms with Crippen LogP contribution in [-0.4, -0.2) is 30.5 Å². The number of hydrogen-bond acceptors (Lipinski definition) is 5. The molecule has 1 aliphatic heterocycles. The van der Waals surface area contributed by atoms with E-state index in [1.807, 2.05) is 0 Å². The van der Waals surface area contributed by atoms with Gasteiger partial charge in [0.05, 0.1) is 9.80 Å². The molecule has 1 fully saturated rings. The highest BCUT2D eigenvalue weighted by Gasteiger charge is 2.16. The van der Waals surface area contributed by atoms with Crippen LogP contribution in [0, 0.1) is 16.0 Å². The van der Waals surface area contributed by atoms with Gasteiger partial charge in [0.25, 0.3) is 11.6 Å². The van der Waals surface area contributed by atoms with Crippen molar-refractivity contribution in [3.05, 3.63) is 39.3 Å². The van der Waals surface area contributed by atoms with E-state index in [4.69, 9.17) is 0 Å². The third-order valence-electron chi connectivity index (χ3n) is 3.88. The molecule has 8 heteroatoms. The summed E-state index contributed by atoms with van der Waals surface area (Å²) in [6.45, 7) is 2.67. The highest BCUT2D eigenvalue weighted by molar-refractivity contribution is 7.20. The van der Waals surface area contributed by atoms with E-state index in [0.29, 0.717) is 17.3 Å². The van der Waals surface area contributed by atoms with Crippen molar-refractivity contribution in [1.82, 2.24) is 10.6 Å². The van der Waals surface area contributed by atoms with E-state index < -0.39 is 4.92 Å². The van der Waals surface area contributed by atoms with Crippen LogP contribution in [0.5, 0.6) is 0 Å². The fraction of sp³-hybridized carbons (Fsp3) is 0.400. The third kappa shape index (κ3) is 4.19. The van der Waals surface area contributed by atoms with Crippen molar-refractivity contribution in [3.8, 4) is 0 Å². The van der Waals surface area contributed by atoms with Crippen molar-refractivity contribution in [2.45, 2.75) is 12.8 Å². The van der Waals surface area contributed by atoms with Crippen molar-refractivity contribution >= 4 is 45.4 Å². The number of amides is 1. The number of nitro benzene ring substituents is 1. The van der Waals surface area contributed by atoms with Crippen LogP contribution in [0.3, 0.4) is 0 Å². The lowest BCUT2D eigenvalue weighted by Gasteiger charge is -2.22. The maximum absolute atomic E-state index is 12.2. The van der Waals surface area contributed by atoms with E-state index >= 15 is 0 Å². The molecule has 0 aliphatic carbocycles. The Morgan fingerprint density at radius 3 is 2.96 bits per heavy atom. The summed E-state index contributed by atoms with van der Waals surface area (Å²) in [6.07, 6.45) is 2.28. The molecule has 6 nitrogen and oxygen atoms in total. The van der Waals surface area contributed by atoms with Gasteiger partial charge in [0.15, 0.2) is 0 Å². The maximum atomic E-state index is 12.2. The molecule has 0 bridgehead atoms. The van der Waals surface area contributed by atoms with Crippen LogP contribution in [-0.2, 0) is 0 Å². The number of nitrogens with one attached hydrogen (secondary N) is 2. The normalized spacial score (nSPS) is 17.5. The number of thiophene rings is 1. The SMILES string of the molecule is Cl.O=C(NCC1CCCNC1)c1cc2cc([N+](=O)[O-])ccc2s1. The second-order valence-corrected chi connectivity index (χ2v) is 6.60. The minimum atomic E-state index is -0.424. The number of rotatable bonds is 4. The summed E-state index contributed by atoms with van der Waals surface area (Å²) in [4.78, 5) is 23.2. The van der Waals surface area contributed by atoms with E-state index in [1.165, 1.54) is 23.5 Å². The minimum Gasteiger partial charge on any atom is -0.351 e. The van der Waals surface area contributed by atoms with Crippen LogP contribution in [0.2, 0.25) is 0 Å². The predicted octanol–water partition coefficient (Wildman–Crippen LogP) is 2.96. The summed E-state index contributed by atoms with van der Waals surface area (Å²) in [7, 11) is 0. The van der Waals surface area contributed by atoms with Crippen LogP contribution in [0.15, 0.2) is 24.3 Å². The molecule has 1 aromatic carbocycles. The van der Waals surface area contributed by atoms with Gasteiger partial charge in [-0.25, -0.2) is 0 Å². The van der Waals surface area contributed by atoms with E-state index in [0.717, 1.165) is 36.0 Å². The molecule has 1 amide bonds. The molecule has 1 aromatic heterocycles. The van der Waals surface area contributed by atoms with Crippen molar-refractivity contribution in [1.29, 1.82) is 0 Å². The first-order valence-electron chi connectivity index (χ1n) is 7.30. The molecule has 1 saturated heterocycles. The summed E-state index contributed by atoms with van der Waals surface area (Å²) in [5.41, 5.74) is 0.0468. The summed E-state index contributed by atoms with van der Waals surface area (Å²) >= 11 is 1.36. The molecule has 23 heavy (non-hydrogen) atoms. The summed E-state index contributed by atoms with van der Waals surface area (Å²) < 4.78 is 0.884. The zero-order valence-electron chi connectivity index (χ0n) is 12.4. The highest BCUT2D eigenvalue weighted by atomic mass is 35.5. The van der Waals surface area contributed by atoms with E-state index in [1.54, 1.807) is 12.1 Å². The van der Waals surface area contributed by atoms with Crippen molar-refractivity contribution in [2.24, 2.45) is 5.92 Å². The standard InChI is InChI=1S/C15H17N3O3S.ClH/c19-15(17-9-10-2-1-5-16-8-10)14-7-11-6-12(18(20)21)3-4-13(11)22-14;/h3-4,6-7,10,16H,1-2,5,8-9H2,(H,17,19);1H. The van der Waals surface area contributed by atoms with Gasteiger partial charge in [0.1, 0.15) is 0 Å². The van der Waals surface area contributed by atoms with Crippen molar-refractivity contribution < 1.29 is 9.72 Å². The number of piperidine rings is 1. The average Bonchev–Trinajstić information content (AvgIpc) is 2.96. The second kappa shape index (κ2) is 7.72. The molecule has 2 aromatic rings. The quantitative estimate of drug-likeness (QED) is 0.652. The number of hydrogen-bond donors (Lipinski definition) is 2. The lowest BCUT2D eigenvalue weighted by molar-refractivity contribution is -0.384. The number of halogens is 1. The number of benzene rings is 1. The maximum Gasteiger partial charge on any atom is 0.270 e.